The zero-order chi connectivity index (χ0) is 21.3. The Labute approximate surface area is 175 Å². The lowest BCUT2D eigenvalue weighted by atomic mass is 10.1. The van der Waals surface area contributed by atoms with Crippen molar-refractivity contribution in [1.29, 1.82) is 0 Å². The van der Waals surface area contributed by atoms with Crippen LogP contribution in [0.25, 0.3) is 0 Å². The van der Waals surface area contributed by atoms with Gasteiger partial charge < -0.3 is 20.1 Å². The molecule has 2 N–H and O–H groups in total. The monoisotopic (exact) mass is 404 g/mol. The predicted octanol–water partition coefficient (Wildman–Crippen LogP) is 3.93. The molecule has 0 atom stereocenters. The predicted molar refractivity (Wildman–Crippen MR) is 116 cm³/mol. The van der Waals surface area contributed by atoms with Crippen LogP contribution in [0.1, 0.15) is 26.3 Å². The standard InChI is InChI=1S/C24H24N2O4/c1-29-21-13-8-17(16-22(21)30-2)14-15-25-23(27)19-9-11-20(12-10-19)26-24(28)18-6-4-3-5-7-18/h3-13,16H,14-15H2,1-2H3,(H,25,27)(H,26,28). The van der Waals surface area contributed by atoms with Crippen LogP contribution in [0.5, 0.6) is 11.5 Å². The molecule has 6 heteroatoms. The number of amides is 2. The van der Waals surface area contributed by atoms with Crippen molar-refractivity contribution in [2.75, 3.05) is 26.1 Å². The van der Waals surface area contributed by atoms with E-state index in [0.717, 1.165) is 5.56 Å². The van der Waals surface area contributed by atoms with Crippen molar-refractivity contribution >= 4 is 17.5 Å². The lowest BCUT2D eigenvalue weighted by molar-refractivity contribution is 0.0953. The fraction of sp³-hybridized carbons (Fsp3) is 0.167. The molecule has 0 saturated carbocycles. The molecule has 3 rings (SSSR count). The molecule has 0 aliphatic heterocycles. The second-order valence-electron chi connectivity index (χ2n) is 6.59. The summed E-state index contributed by atoms with van der Waals surface area (Å²) < 4.78 is 10.5. The summed E-state index contributed by atoms with van der Waals surface area (Å²) in [7, 11) is 3.19. The highest BCUT2D eigenvalue weighted by molar-refractivity contribution is 6.04. The highest BCUT2D eigenvalue weighted by Gasteiger charge is 2.09. The Morgan fingerprint density at radius 2 is 1.43 bits per heavy atom. The van der Waals surface area contributed by atoms with Gasteiger partial charge in [0.2, 0.25) is 0 Å². The number of methoxy groups -OCH3 is 2. The summed E-state index contributed by atoms with van der Waals surface area (Å²) in [6.07, 6.45) is 0.664. The Balaban J connectivity index is 1.52. The van der Waals surface area contributed by atoms with Gasteiger partial charge in [-0.25, -0.2) is 0 Å². The highest BCUT2D eigenvalue weighted by Crippen LogP contribution is 2.27. The van der Waals surface area contributed by atoms with Crippen LogP contribution < -0.4 is 20.1 Å². The maximum absolute atomic E-state index is 12.4. The van der Waals surface area contributed by atoms with Crippen LogP contribution in [0, 0.1) is 0 Å². The van der Waals surface area contributed by atoms with E-state index < -0.39 is 0 Å². The molecular weight excluding hydrogens is 380 g/mol. The Morgan fingerprint density at radius 1 is 0.767 bits per heavy atom. The topological polar surface area (TPSA) is 76.7 Å². The first-order chi connectivity index (χ1) is 14.6. The first kappa shape index (κ1) is 20.9. The van der Waals surface area contributed by atoms with Crippen LogP contribution in [0.3, 0.4) is 0 Å². The van der Waals surface area contributed by atoms with Crippen molar-refractivity contribution in [2.24, 2.45) is 0 Å². The van der Waals surface area contributed by atoms with Gasteiger partial charge in [-0.2, -0.15) is 0 Å². The Kier molecular flexibility index (Phi) is 7.05. The van der Waals surface area contributed by atoms with Crippen LogP contribution in [0.15, 0.2) is 72.8 Å². The minimum absolute atomic E-state index is 0.170. The third-order valence-corrected chi connectivity index (χ3v) is 4.59. The van der Waals surface area contributed by atoms with Crippen LogP contribution in [0.2, 0.25) is 0 Å². The van der Waals surface area contributed by atoms with Gasteiger partial charge in [0.05, 0.1) is 14.2 Å². The normalized spacial score (nSPS) is 10.2. The first-order valence-electron chi connectivity index (χ1n) is 9.56. The van der Waals surface area contributed by atoms with Gasteiger partial charge in [0.25, 0.3) is 11.8 Å². The molecule has 154 valence electrons. The number of hydrogen-bond acceptors (Lipinski definition) is 4. The maximum Gasteiger partial charge on any atom is 0.255 e. The lowest BCUT2D eigenvalue weighted by Crippen LogP contribution is -2.25. The van der Waals surface area contributed by atoms with Gasteiger partial charge >= 0.3 is 0 Å². The SMILES string of the molecule is COc1ccc(CCNC(=O)c2ccc(NC(=O)c3ccccc3)cc2)cc1OC. The van der Waals surface area contributed by atoms with Crippen LogP contribution in [-0.2, 0) is 6.42 Å². The zero-order valence-electron chi connectivity index (χ0n) is 17.0. The van der Waals surface area contributed by atoms with Gasteiger partial charge in [-0.3, -0.25) is 9.59 Å². The second kappa shape index (κ2) is 10.1. The summed E-state index contributed by atoms with van der Waals surface area (Å²) >= 11 is 0. The Bertz CT molecular complexity index is 1000. The van der Waals surface area contributed by atoms with Crippen molar-refractivity contribution in [3.63, 3.8) is 0 Å². The van der Waals surface area contributed by atoms with Gasteiger partial charge in [0.1, 0.15) is 0 Å². The number of ether oxygens (including phenoxy) is 2. The van der Waals surface area contributed by atoms with Crippen molar-refractivity contribution < 1.29 is 19.1 Å². The quantitative estimate of drug-likeness (QED) is 0.596. The van der Waals surface area contributed by atoms with E-state index >= 15 is 0 Å². The van der Waals surface area contributed by atoms with E-state index in [0.29, 0.717) is 41.3 Å². The van der Waals surface area contributed by atoms with Gasteiger partial charge in [-0.15, -0.1) is 0 Å². The molecule has 0 radical (unpaired) electrons. The fourth-order valence-corrected chi connectivity index (χ4v) is 2.96. The van der Waals surface area contributed by atoms with Crippen molar-refractivity contribution in [3.8, 4) is 11.5 Å². The summed E-state index contributed by atoms with van der Waals surface area (Å²) in [5.74, 6) is 0.971. The van der Waals surface area contributed by atoms with E-state index in [2.05, 4.69) is 10.6 Å². The van der Waals surface area contributed by atoms with Gasteiger partial charge in [0.15, 0.2) is 11.5 Å². The van der Waals surface area contributed by atoms with E-state index in [1.165, 1.54) is 0 Å². The average Bonchev–Trinajstić information content (AvgIpc) is 2.79. The van der Waals surface area contributed by atoms with Crippen LogP contribution in [-0.4, -0.2) is 32.6 Å². The third-order valence-electron chi connectivity index (χ3n) is 4.59. The van der Waals surface area contributed by atoms with Crippen molar-refractivity contribution in [2.45, 2.75) is 6.42 Å². The molecule has 2 amide bonds. The summed E-state index contributed by atoms with van der Waals surface area (Å²) in [5, 5.41) is 5.72. The second-order valence-corrected chi connectivity index (χ2v) is 6.59. The zero-order valence-corrected chi connectivity index (χ0v) is 17.0. The molecule has 0 spiro atoms. The number of benzene rings is 3. The van der Waals surface area contributed by atoms with E-state index in [-0.39, 0.29) is 11.8 Å². The number of hydrogen-bond donors (Lipinski definition) is 2. The molecule has 0 aliphatic carbocycles. The van der Waals surface area contributed by atoms with Crippen LogP contribution in [0.4, 0.5) is 5.69 Å². The number of carbonyl (C=O) groups is 2. The summed E-state index contributed by atoms with van der Waals surface area (Å²) in [5.41, 5.74) is 2.77. The molecule has 0 saturated heterocycles. The molecular formula is C24H24N2O4. The van der Waals surface area contributed by atoms with Crippen molar-refractivity contribution in [3.05, 3.63) is 89.5 Å². The molecule has 6 nitrogen and oxygen atoms in total. The van der Waals surface area contributed by atoms with Crippen LogP contribution >= 0.6 is 0 Å². The minimum Gasteiger partial charge on any atom is -0.493 e. The molecule has 0 bridgehead atoms. The molecule has 3 aromatic rings. The number of nitrogens with one attached hydrogen (secondary N) is 2. The van der Waals surface area contributed by atoms with E-state index in [1.807, 2.05) is 36.4 Å². The molecule has 0 heterocycles. The smallest absolute Gasteiger partial charge is 0.255 e. The van der Waals surface area contributed by atoms with Crippen molar-refractivity contribution in [1.82, 2.24) is 5.32 Å². The number of rotatable bonds is 8. The molecule has 0 fully saturated rings. The highest BCUT2D eigenvalue weighted by atomic mass is 16.5. The minimum atomic E-state index is -0.192. The van der Waals surface area contributed by atoms with E-state index in [1.54, 1.807) is 50.6 Å². The lowest BCUT2D eigenvalue weighted by Gasteiger charge is -2.10. The van der Waals surface area contributed by atoms with Gasteiger partial charge in [-0.1, -0.05) is 24.3 Å². The summed E-state index contributed by atoms with van der Waals surface area (Å²) in [4.78, 5) is 24.6. The molecule has 0 aliphatic rings. The molecule has 30 heavy (non-hydrogen) atoms. The number of anilines is 1. The summed E-state index contributed by atoms with van der Waals surface area (Å²) in [6.45, 7) is 0.487. The van der Waals surface area contributed by atoms with Gasteiger partial charge in [-0.05, 0) is 60.5 Å². The van der Waals surface area contributed by atoms with Gasteiger partial charge in [0, 0.05) is 23.4 Å². The maximum atomic E-state index is 12.4. The Morgan fingerprint density at radius 3 is 2.10 bits per heavy atom. The van der Waals surface area contributed by atoms with E-state index in [9.17, 15) is 9.59 Å². The average molecular weight is 404 g/mol. The molecule has 3 aromatic carbocycles. The Hall–Kier alpha value is -3.80. The number of carbonyl (C=O) groups excluding carboxylic acids is 2. The fourth-order valence-electron chi connectivity index (χ4n) is 2.96. The molecule has 0 unspecified atom stereocenters. The van der Waals surface area contributed by atoms with E-state index in [4.69, 9.17) is 9.47 Å². The summed E-state index contributed by atoms with van der Waals surface area (Å²) in [6, 6.07) is 21.5. The largest absolute Gasteiger partial charge is 0.493 e. The molecule has 0 aromatic heterocycles. The third kappa shape index (κ3) is 5.38. The first-order valence-corrected chi connectivity index (χ1v) is 9.56.